The van der Waals surface area contributed by atoms with E-state index in [1.54, 1.807) is 33.3 Å². The summed E-state index contributed by atoms with van der Waals surface area (Å²) in [4.78, 5) is 11.4. The lowest BCUT2D eigenvalue weighted by molar-refractivity contribution is -0.122. The van der Waals surface area contributed by atoms with Crippen LogP contribution in [0.2, 0.25) is 0 Å². The number of hydrogen-bond donors (Lipinski definition) is 2. The molecule has 0 unspecified atom stereocenters. The van der Waals surface area contributed by atoms with Crippen molar-refractivity contribution in [2.45, 2.75) is 19.5 Å². The SMILES string of the molecule is COc1cc(CNC(=O)[C@@H](C)N)cc(OC)c1OC.Cl. The average molecular weight is 305 g/mol. The molecule has 0 aliphatic carbocycles. The van der Waals surface area contributed by atoms with E-state index in [2.05, 4.69) is 5.32 Å². The minimum atomic E-state index is -0.540. The van der Waals surface area contributed by atoms with Crippen LogP contribution in [0.1, 0.15) is 12.5 Å². The summed E-state index contributed by atoms with van der Waals surface area (Å²) in [6.45, 7) is 1.97. The third kappa shape index (κ3) is 4.47. The zero-order valence-electron chi connectivity index (χ0n) is 12.1. The summed E-state index contributed by atoms with van der Waals surface area (Å²) >= 11 is 0. The standard InChI is InChI=1S/C13H20N2O4.ClH/c1-8(14)13(16)15-7-9-5-10(17-2)12(19-4)11(6-9)18-3;/h5-6,8H,7,14H2,1-4H3,(H,15,16);1H/t8-;/m1./s1. The maximum absolute atomic E-state index is 11.4. The zero-order valence-corrected chi connectivity index (χ0v) is 12.9. The van der Waals surface area contributed by atoms with Crippen LogP contribution in [0.15, 0.2) is 12.1 Å². The Morgan fingerprint density at radius 1 is 1.20 bits per heavy atom. The van der Waals surface area contributed by atoms with Gasteiger partial charge < -0.3 is 25.3 Å². The second-order valence-corrected chi connectivity index (χ2v) is 4.04. The number of carbonyl (C=O) groups excluding carboxylic acids is 1. The Hall–Kier alpha value is -1.66. The molecule has 0 fully saturated rings. The fourth-order valence-corrected chi connectivity index (χ4v) is 1.59. The minimum absolute atomic E-state index is 0. The molecule has 114 valence electrons. The van der Waals surface area contributed by atoms with Gasteiger partial charge in [-0.15, -0.1) is 12.4 Å². The number of nitrogens with one attached hydrogen (secondary N) is 1. The highest BCUT2D eigenvalue weighted by Gasteiger charge is 2.14. The Kier molecular flexibility index (Phi) is 7.79. The van der Waals surface area contributed by atoms with Gasteiger partial charge in [-0.05, 0) is 24.6 Å². The van der Waals surface area contributed by atoms with Gasteiger partial charge >= 0.3 is 0 Å². The predicted molar refractivity (Wildman–Crippen MR) is 78.8 cm³/mol. The first-order valence-corrected chi connectivity index (χ1v) is 5.85. The fraction of sp³-hybridized carbons (Fsp3) is 0.462. The number of hydrogen-bond acceptors (Lipinski definition) is 5. The smallest absolute Gasteiger partial charge is 0.236 e. The maximum Gasteiger partial charge on any atom is 0.236 e. The van der Waals surface area contributed by atoms with Crippen LogP contribution in [0, 0.1) is 0 Å². The van der Waals surface area contributed by atoms with E-state index in [0.717, 1.165) is 5.56 Å². The van der Waals surface area contributed by atoms with Crippen molar-refractivity contribution in [2.24, 2.45) is 5.73 Å². The summed E-state index contributed by atoms with van der Waals surface area (Å²) < 4.78 is 15.7. The Morgan fingerprint density at radius 3 is 2.05 bits per heavy atom. The van der Waals surface area contributed by atoms with Crippen molar-refractivity contribution < 1.29 is 19.0 Å². The molecule has 1 rings (SSSR count). The molecule has 0 aliphatic rings. The van der Waals surface area contributed by atoms with Crippen molar-refractivity contribution >= 4 is 18.3 Å². The van der Waals surface area contributed by atoms with Gasteiger partial charge in [0.1, 0.15) is 0 Å². The first kappa shape index (κ1) is 18.3. The molecule has 0 aliphatic heterocycles. The van der Waals surface area contributed by atoms with E-state index < -0.39 is 6.04 Å². The molecule has 6 nitrogen and oxygen atoms in total. The van der Waals surface area contributed by atoms with E-state index in [-0.39, 0.29) is 18.3 Å². The molecule has 0 saturated heterocycles. The summed E-state index contributed by atoms with van der Waals surface area (Å²) in [5.74, 6) is 1.40. The molecular weight excluding hydrogens is 284 g/mol. The van der Waals surface area contributed by atoms with E-state index in [0.29, 0.717) is 23.8 Å². The van der Waals surface area contributed by atoms with Crippen LogP contribution in [0.4, 0.5) is 0 Å². The van der Waals surface area contributed by atoms with Crippen molar-refractivity contribution in [2.75, 3.05) is 21.3 Å². The number of nitrogens with two attached hydrogens (primary N) is 1. The van der Waals surface area contributed by atoms with Crippen LogP contribution in [0.3, 0.4) is 0 Å². The molecule has 0 saturated carbocycles. The molecule has 20 heavy (non-hydrogen) atoms. The third-order valence-corrected chi connectivity index (χ3v) is 2.60. The highest BCUT2D eigenvalue weighted by molar-refractivity contribution is 5.85. The van der Waals surface area contributed by atoms with Crippen LogP contribution < -0.4 is 25.3 Å². The van der Waals surface area contributed by atoms with Crippen LogP contribution in [0.25, 0.3) is 0 Å². The monoisotopic (exact) mass is 304 g/mol. The molecule has 0 bridgehead atoms. The van der Waals surface area contributed by atoms with Crippen LogP contribution in [-0.2, 0) is 11.3 Å². The quantitative estimate of drug-likeness (QED) is 0.822. The summed E-state index contributed by atoms with van der Waals surface area (Å²) in [5, 5.41) is 2.72. The summed E-state index contributed by atoms with van der Waals surface area (Å²) in [6, 6.07) is 3.02. The largest absolute Gasteiger partial charge is 0.493 e. The summed E-state index contributed by atoms with van der Waals surface area (Å²) in [7, 11) is 4.63. The molecule has 0 spiro atoms. The lowest BCUT2D eigenvalue weighted by Crippen LogP contribution is -2.37. The lowest BCUT2D eigenvalue weighted by atomic mass is 10.1. The van der Waals surface area contributed by atoms with Crippen LogP contribution in [0.5, 0.6) is 17.2 Å². The fourth-order valence-electron chi connectivity index (χ4n) is 1.59. The van der Waals surface area contributed by atoms with E-state index >= 15 is 0 Å². The van der Waals surface area contributed by atoms with Gasteiger partial charge in [-0.2, -0.15) is 0 Å². The molecule has 3 N–H and O–H groups in total. The molecule has 7 heteroatoms. The first-order valence-electron chi connectivity index (χ1n) is 5.85. The second-order valence-electron chi connectivity index (χ2n) is 4.04. The highest BCUT2D eigenvalue weighted by atomic mass is 35.5. The van der Waals surface area contributed by atoms with E-state index in [1.807, 2.05) is 0 Å². The van der Waals surface area contributed by atoms with Crippen LogP contribution >= 0.6 is 12.4 Å². The van der Waals surface area contributed by atoms with Gasteiger partial charge in [0.2, 0.25) is 11.7 Å². The average Bonchev–Trinajstić information content (AvgIpc) is 2.42. The summed E-state index contributed by atoms with van der Waals surface area (Å²) in [5.41, 5.74) is 6.31. The molecule has 1 amide bonds. The second kappa shape index (κ2) is 8.50. The van der Waals surface area contributed by atoms with Crippen LogP contribution in [-0.4, -0.2) is 33.3 Å². The predicted octanol–water partition coefficient (Wildman–Crippen LogP) is 1.10. The van der Waals surface area contributed by atoms with Gasteiger partial charge in [0.05, 0.1) is 27.4 Å². The Balaban J connectivity index is 0.00000361. The van der Waals surface area contributed by atoms with Gasteiger partial charge in [-0.3, -0.25) is 4.79 Å². The third-order valence-electron chi connectivity index (χ3n) is 2.60. The molecule has 0 heterocycles. The number of methoxy groups -OCH3 is 3. The Labute approximate surface area is 125 Å². The number of halogens is 1. The highest BCUT2D eigenvalue weighted by Crippen LogP contribution is 2.38. The van der Waals surface area contributed by atoms with Gasteiger partial charge in [0.25, 0.3) is 0 Å². The number of ether oxygens (including phenoxy) is 3. The van der Waals surface area contributed by atoms with Crippen molar-refractivity contribution in [3.8, 4) is 17.2 Å². The van der Waals surface area contributed by atoms with E-state index in [9.17, 15) is 4.79 Å². The number of carbonyl (C=O) groups is 1. The molecule has 1 aromatic rings. The topological polar surface area (TPSA) is 82.8 Å². The number of amides is 1. The van der Waals surface area contributed by atoms with Crippen molar-refractivity contribution in [3.63, 3.8) is 0 Å². The van der Waals surface area contributed by atoms with Crippen molar-refractivity contribution in [1.29, 1.82) is 0 Å². The maximum atomic E-state index is 11.4. The first-order chi connectivity index (χ1) is 9.03. The summed E-state index contributed by atoms with van der Waals surface area (Å²) in [6.07, 6.45) is 0. The molecule has 0 aromatic heterocycles. The van der Waals surface area contributed by atoms with Gasteiger partial charge in [0.15, 0.2) is 11.5 Å². The number of benzene rings is 1. The molecular formula is C13H21ClN2O4. The molecule has 1 atom stereocenters. The molecule has 1 aromatic carbocycles. The van der Waals surface area contributed by atoms with Gasteiger partial charge in [-0.1, -0.05) is 0 Å². The van der Waals surface area contributed by atoms with Crippen molar-refractivity contribution in [1.82, 2.24) is 5.32 Å². The van der Waals surface area contributed by atoms with Gasteiger partial charge in [0, 0.05) is 6.54 Å². The number of rotatable bonds is 6. The normalized spacial score (nSPS) is 11.1. The zero-order chi connectivity index (χ0) is 14.4. The lowest BCUT2D eigenvalue weighted by Gasteiger charge is -2.14. The Bertz CT molecular complexity index is 427. The van der Waals surface area contributed by atoms with Crippen molar-refractivity contribution in [3.05, 3.63) is 17.7 Å². The van der Waals surface area contributed by atoms with E-state index in [4.69, 9.17) is 19.9 Å². The Morgan fingerprint density at radius 2 is 1.70 bits per heavy atom. The van der Waals surface area contributed by atoms with E-state index in [1.165, 1.54) is 7.11 Å². The molecule has 0 radical (unpaired) electrons. The van der Waals surface area contributed by atoms with Gasteiger partial charge in [-0.25, -0.2) is 0 Å². The minimum Gasteiger partial charge on any atom is -0.493 e.